The van der Waals surface area contributed by atoms with E-state index in [2.05, 4.69) is 4.98 Å². The maximum absolute atomic E-state index is 10.9. The van der Waals surface area contributed by atoms with Crippen LogP contribution in [0.25, 0.3) is 0 Å². The van der Waals surface area contributed by atoms with Crippen molar-refractivity contribution in [1.29, 1.82) is 0 Å². The van der Waals surface area contributed by atoms with Crippen molar-refractivity contribution in [3.05, 3.63) is 20.8 Å². The number of aryl methyl sites for hydroxylation is 1. The van der Waals surface area contributed by atoms with Crippen molar-refractivity contribution in [2.75, 3.05) is 6.26 Å². The molecular formula is C6H8N2O4S2. The zero-order valence-electron chi connectivity index (χ0n) is 7.55. The van der Waals surface area contributed by atoms with Crippen LogP contribution in [0, 0.1) is 17.0 Å². The first-order valence-corrected chi connectivity index (χ1v) is 6.46. The molecule has 0 saturated carbocycles. The summed E-state index contributed by atoms with van der Waals surface area (Å²) in [6.07, 6.45) is 1.02. The molecule has 14 heavy (non-hydrogen) atoms. The molecule has 0 N–H and O–H groups in total. The van der Waals surface area contributed by atoms with Gasteiger partial charge >= 0.3 is 5.00 Å². The Bertz CT molecular complexity index is 462. The Morgan fingerprint density at radius 1 is 1.57 bits per heavy atom. The number of sulfone groups is 1. The molecule has 0 spiro atoms. The normalized spacial score (nSPS) is 11.6. The van der Waals surface area contributed by atoms with Crippen LogP contribution in [0.2, 0.25) is 0 Å². The highest BCUT2D eigenvalue weighted by Gasteiger charge is 2.22. The largest absolute Gasteiger partial charge is 0.348 e. The molecule has 0 fully saturated rings. The average molecular weight is 236 g/mol. The van der Waals surface area contributed by atoms with Crippen LogP contribution in [0.15, 0.2) is 0 Å². The lowest BCUT2D eigenvalue weighted by Gasteiger charge is -1.92. The number of hydrogen-bond donors (Lipinski definition) is 0. The van der Waals surface area contributed by atoms with Gasteiger partial charge in [-0.05, 0) is 18.3 Å². The molecule has 0 bridgehead atoms. The zero-order chi connectivity index (χ0) is 10.9. The summed E-state index contributed by atoms with van der Waals surface area (Å²) in [5, 5.41) is 10.8. The van der Waals surface area contributed by atoms with E-state index in [9.17, 15) is 18.5 Å². The molecule has 0 saturated heterocycles. The molecule has 0 aliphatic carbocycles. The zero-order valence-corrected chi connectivity index (χ0v) is 9.18. The number of hydrogen-bond acceptors (Lipinski definition) is 6. The Kier molecular flexibility index (Phi) is 2.86. The second-order valence-electron chi connectivity index (χ2n) is 2.81. The van der Waals surface area contributed by atoms with E-state index in [4.69, 9.17) is 0 Å². The van der Waals surface area contributed by atoms with E-state index in [1.165, 1.54) is 0 Å². The standard InChI is InChI=1S/C6H8N2O4S2/c1-4-7-5(3-14(2,11)12)6(13-4)8(9)10/h3H2,1-2H3. The summed E-state index contributed by atoms with van der Waals surface area (Å²) in [6, 6.07) is 0. The fraction of sp³-hybridized carbons (Fsp3) is 0.500. The van der Waals surface area contributed by atoms with Crippen LogP contribution >= 0.6 is 11.3 Å². The van der Waals surface area contributed by atoms with E-state index in [1.54, 1.807) is 6.92 Å². The van der Waals surface area contributed by atoms with E-state index in [0.29, 0.717) is 5.01 Å². The minimum absolute atomic E-state index is 0.0278. The SMILES string of the molecule is Cc1nc(CS(C)(=O)=O)c([N+](=O)[O-])s1. The van der Waals surface area contributed by atoms with Crippen molar-refractivity contribution in [1.82, 2.24) is 4.98 Å². The molecule has 1 aromatic heterocycles. The maximum atomic E-state index is 10.9. The first-order valence-electron chi connectivity index (χ1n) is 3.58. The lowest BCUT2D eigenvalue weighted by Crippen LogP contribution is -2.03. The molecule has 0 aromatic carbocycles. The van der Waals surface area contributed by atoms with Gasteiger partial charge in [-0.1, -0.05) is 0 Å². The number of nitrogens with zero attached hydrogens (tertiary/aromatic N) is 2. The minimum Gasteiger partial charge on any atom is -0.257 e. The van der Waals surface area contributed by atoms with E-state index in [1.807, 2.05) is 0 Å². The first-order chi connectivity index (χ1) is 6.29. The van der Waals surface area contributed by atoms with Crippen LogP contribution < -0.4 is 0 Å². The van der Waals surface area contributed by atoms with E-state index >= 15 is 0 Å². The summed E-state index contributed by atoms with van der Waals surface area (Å²) in [6.45, 7) is 1.60. The van der Waals surface area contributed by atoms with Gasteiger partial charge in [-0.3, -0.25) is 10.1 Å². The van der Waals surface area contributed by atoms with Gasteiger partial charge in [0.2, 0.25) is 0 Å². The summed E-state index contributed by atoms with van der Waals surface area (Å²) in [4.78, 5) is 13.7. The average Bonchev–Trinajstić information content (AvgIpc) is 2.27. The second-order valence-corrected chi connectivity index (χ2v) is 6.13. The molecule has 1 heterocycles. The smallest absolute Gasteiger partial charge is 0.257 e. The van der Waals surface area contributed by atoms with Gasteiger partial charge in [0.25, 0.3) is 0 Å². The molecule has 0 amide bonds. The molecule has 6 nitrogen and oxygen atoms in total. The maximum Gasteiger partial charge on any atom is 0.348 e. The topological polar surface area (TPSA) is 90.2 Å². The Balaban J connectivity index is 3.14. The van der Waals surface area contributed by atoms with Crippen molar-refractivity contribution >= 4 is 26.2 Å². The van der Waals surface area contributed by atoms with Crippen molar-refractivity contribution in [3.8, 4) is 0 Å². The highest BCUT2D eigenvalue weighted by Crippen LogP contribution is 2.27. The van der Waals surface area contributed by atoms with Crippen molar-refractivity contribution < 1.29 is 13.3 Å². The van der Waals surface area contributed by atoms with Gasteiger partial charge in [0.05, 0.1) is 9.93 Å². The summed E-state index contributed by atoms with van der Waals surface area (Å²) in [5.74, 6) is -0.381. The summed E-state index contributed by atoms with van der Waals surface area (Å²) in [5.41, 5.74) is 0.0278. The van der Waals surface area contributed by atoms with Gasteiger partial charge in [-0.2, -0.15) is 0 Å². The Labute approximate surface area is 84.7 Å². The predicted molar refractivity (Wildman–Crippen MR) is 52.1 cm³/mol. The van der Waals surface area contributed by atoms with E-state index in [0.717, 1.165) is 17.6 Å². The Morgan fingerprint density at radius 3 is 2.57 bits per heavy atom. The van der Waals surface area contributed by atoms with Crippen LogP contribution in [-0.2, 0) is 15.6 Å². The third kappa shape index (κ3) is 2.74. The molecule has 8 heteroatoms. The number of nitro groups is 1. The second kappa shape index (κ2) is 3.62. The van der Waals surface area contributed by atoms with Crippen LogP contribution in [0.3, 0.4) is 0 Å². The van der Waals surface area contributed by atoms with Crippen LogP contribution in [0.1, 0.15) is 10.7 Å². The fourth-order valence-electron chi connectivity index (χ4n) is 0.945. The molecule has 0 atom stereocenters. The number of aromatic nitrogens is 1. The predicted octanol–water partition coefficient (Wildman–Crippen LogP) is 0.904. The van der Waals surface area contributed by atoms with Gasteiger partial charge in [-0.25, -0.2) is 13.4 Å². The quantitative estimate of drug-likeness (QED) is 0.574. The summed E-state index contributed by atoms with van der Waals surface area (Å²) >= 11 is 0.889. The summed E-state index contributed by atoms with van der Waals surface area (Å²) in [7, 11) is -3.28. The van der Waals surface area contributed by atoms with E-state index < -0.39 is 14.8 Å². The summed E-state index contributed by atoms with van der Waals surface area (Å²) < 4.78 is 21.9. The van der Waals surface area contributed by atoms with Crippen LogP contribution in [0.4, 0.5) is 5.00 Å². The monoisotopic (exact) mass is 236 g/mol. The first kappa shape index (κ1) is 11.1. The van der Waals surface area contributed by atoms with Crippen LogP contribution in [0.5, 0.6) is 0 Å². The minimum atomic E-state index is -3.28. The Morgan fingerprint density at radius 2 is 2.14 bits per heavy atom. The third-order valence-electron chi connectivity index (χ3n) is 1.35. The number of thiazole rings is 1. The molecule has 0 radical (unpaired) electrons. The third-order valence-corrected chi connectivity index (χ3v) is 3.11. The molecular weight excluding hydrogens is 228 g/mol. The van der Waals surface area contributed by atoms with Gasteiger partial charge in [0.1, 0.15) is 11.4 Å². The lowest BCUT2D eigenvalue weighted by atomic mass is 10.5. The molecule has 0 aliphatic heterocycles. The van der Waals surface area contributed by atoms with Crippen molar-refractivity contribution in [3.63, 3.8) is 0 Å². The lowest BCUT2D eigenvalue weighted by molar-refractivity contribution is -0.381. The number of rotatable bonds is 3. The fourth-order valence-corrected chi connectivity index (χ4v) is 2.48. The van der Waals surface area contributed by atoms with Gasteiger partial charge in [-0.15, -0.1) is 0 Å². The van der Waals surface area contributed by atoms with Crippen molar-refractivity contribution in [2.45, 2.75) is 12.7 Å². The van der Waals surface area contributed by atoms with Crippen molar-refractivity contribution in [2.24, 2.45) is 0 Å². The molecule has 0 unspecified atom stereocenters. The highest BCUT2D eigenvalue weighted by molar-refractivity contribution is 7.89. The highest BCUT2D eigenvalue weighted by atomic mass is 32.2. The molecule has 78 valence electrons. The van der Waals surface area contributed by atoms with E-state index in [-0.39, 0.29) is 16.4 Å². The van der Waals surface area contributed by atoms with Crippen LogP contribution in [-0.4, -0.2) is 24.6 Å². The van der Waals surface area contributed by atoms with Gasteiger partial charge in [0.15, 0.2) is 9.84 Å². The van der Waals surface area contributed by atoms with Gasteiger partial charge < -0.3 is 0 Å². The molecule has 1 rings (SSSR count). The molecule has 1 aromatic rings. The molecule has 0 aliphatic rings. The van der Waals surface area contributed by atoms with Gasteiger partial charge in [0, 0.05) is 6.26 Å². The Hall–Kier alpha value is -1.02.